The minimum Gasteiger partial charge on any atom is -0.275 e. The van der Waals surface area contributed by atoms with Crippen molar-refractivity contribution < 1.29 is 4.79 Å². The highest BCUT2D eigenvalue weighted by Gasteiger charge is 2.11. The van der Waals surface area contributed by atoms with Crippen LogP contribution in [0.2, 0.25) is 0 Å². The summed E-state index contributed by atoms with van der Waals surface area (Å²) in [5.41, 5.74) is 0. The molecule has 0 saturated carbocycles. The van der Waals surface area contributed by atoms with Crippen molar-refractivity contribution in [3.8, 4) is 11.8 Å². The average molecular weight is 304 g/mol. The van der Waals surface area contributed by atoms with Crippen molar-refractivity contribution >= 4 is 54.1 Å². The lowest BCUT2D eigenvalue weighted by atomic mass is 10.7. The van der Waals surface area contributed by atoms with Crippen molar-refractivity contribution in [2.45, 2.75) is 2.14 Å². The SMILES string of the molecule is O=[C]C#CC(Br)(Br)Br. The zero-order chi connectivity index (χ0) is 6.62. The third kappa shape index (κ3) is 6.67. The summed E-state index contributed by atoms with van der Waals surface area (Å²) in [5.74, 6) is 4.54. The van der Waals surface area contributed by atoms with E-state index >= 15 is 0 Å². The number of hydrogen-bond donors (Lipinski definition) is 0. The minimum atomic E-state index is -0.635. The molecule has 1 nitrogen and oxygen atoms in total. The third-order valence-corrected chi connectivity index (χ3v) is 0.850. The molecule has 43 valence electrons. The summed E-state index contributed by atoms with van der Waals surface area (Å²) >= 11 is 9.18. The Balaban J connectivity index is 3.87. The predicted octanol–water partition coefficient (Wildman–Crippen LogP) is 1.94. The summed E-state index contributed by atoms with van der Waals surface area (Å²) < 4.78 is -0.635. The molecule has 8 heavy (non-hydrogen) atoms. The van der Waals surface area contributed by atoms with E-state index in [4.69, 9.17) is 0 Å². The van der Waals surface area contributed by atoms with Crippen LogP contribution >= 0.6 is 47.8 Å². The molecular weight excluding hydrogens is 304 g/mol. The smallest absolute Gasteiger partial charge is 0.275 e. The maximum Gasteiger partial charge on any atom is 0.284 e. The van der Waals surface area contributed by atoms with Crippen LogP contribution < -0.4 is 0 Å². The van der Waals surface area contributed by atoms with E-state index in [1.807, 2.05) is 0 Å². The Labute approximate surface area is 72.6 Å². The first kappa shape index (κ1) is 8.67. The van der Waals surface area contributed by atoms with Gasteiger partial charge in [-0.05, 0) is 53.7 Å². The van der Waals surface area contributed by atoms with Crippen molar-refractivity contribution in [1.82, 2.24) is 0 Å². The fraction of sp³-hybridized carbons (Fsp3) is 0.250. The van der Waals surface area contributed by atoms with Gasteiger partial charge >= 0.3 is 0 Å². The molecule has 0 aromatic rings. The molecule has 0 aromatic carbocycles. The van der Waals surface area contributed by atoms with Gasteiger partial charge in [-0.15, -0.1) is 0 Å². The summed E-state index contributed by atoms with van der Waals surface area (Å²) in [6.07, 6.45) is 1.42. The molecular formula is C4Br3O. The van der Waals surface area contributed by atoms with Crippen LogP contribution in [-0.4, -0.2) is 8.43 Å². The molecule has 0 saturated heterocycles. The van der Waals surface area contributed by atoms with E-state index in [0.717, 1.165) is 0 Å². The molecule has 0 amide bonds. The van der Waals surface area contributed by atoms with Gasteiger partial charge in [-0.2, -0.15) is 0 Å². The van der Waals surface area contributed by atoms with E-state index in [0.29, 0.717) is 0 Å². The van der Waals surface area contributed by atoms with Crippen LogP contribution in [0.4, 0.5) is 0 Å². The normalized spacial score (nSPS) is 9.38. The molecule has 0 unspecified atom stereocenters. The Kier molecular flexibility index (Phi) is 3.95. The van der Waals surface area contributed by atoms with Crippen molar-refractivity contribution in [2.75, 3.05) is 0 Å². The van der Waals surface area contributed by atoms with Crippen LogP contribution in [0.25, 0.3) is 0 Å². The average Bonchev–Trinajstić information content (AvgIpc) is 1.59. The number of halogens is 3. The molecule has 0 spiro atoms. The fourth-order valence-corrected chi connectivity index (χ4v) is 0.394. The summed E-state index contributed by atoms with van der Waals surface area (Å²) in [7, 11) is 0. The summed E-state index contributed by atoms with van der Waals surface area (Å²) in [4.78, 5) is 9.49. The Bertz CT molecular complexity index is 136. The van der Waals surface area contributed by atoms with Gasteiger partial charge in [0, 0.05) is 0 Å². The lowest BCUT2D eigenvalue weighted by Gasteiger charge is -1.96. The van der Waals surface area contributed by atoms with Crippen molar-refractivity contribution in [1.29, 1.82) is 0 Å². The van der Waals surface area contributed by atoms with Gasteiger partial charge in [0.2, 0.25) is 0 Å². The second-order valence-electron chi connectivity index (χ2n) is 0.850. The first-order valence-electron chi connectivity index (χ1n) is 1.52. The molecule has 0 aliphatic carbocycles. The van der Waals surface area contributed by atoms with Crippen LogP contribution in [0, 0.1) is 11.8 Å². The van der Waals surface area contributed by atoms with Crippen molar-refractivity contribution in [3.63, 3.8) is 0 Å². The van der Waals surface area contributed by atoms with Gasteiger partial charge < -0.3 is 0 Å². The molecule has 0 fully saturated rings. The number of carbonyl (C=O) groups excluding carboxylic acids is 1. The van der Waals surface area contributed by atoms with Gasteiger partial charge in [0.15, 0.2) is 2.14 Å². The van der Waals surface area contributed by atoms with E-state index in [1.165, 1.54) is 6.29 Å². The highest BCUT2D eigenvalue weighted by Crippen LogP contribution is 2.31. The number of hydrogen-bond acceptors (Lipinski definition) is 1. The maximum absolute atomic E-state index is 9.49. The topological polar surface area (TPSA) is 17.1 Å². The van der Waals surface area contributed by atoms with Crippen LogP contribution in [0.3, 0.4) is 0 Å². The zero-order valence-electron chi connectivity index (χ0n) is 3.54. The lowest BCUT2D eigenvalue weighted by molar-refractivity contribution is 0.566. The zero-order valence-corrected chi connectivity index (χ0v) is 8.30. The summed E-state index contributed by atoms with van der Waals surface area (Å²) in [6, 6.07) is 0. The minimum absolute atomic E-state index is 0.635. The molecule has 0 N–H and O–H groups in total. The second-order valence-corrected chi connectivity index (χ2v) is 7.61. The van der Waals surface area contributed by atoms with Crippen LogP contribution in [-0.2, 0) is 4.79 Å². The summed E-state index contributed by atoms with van der Waals surface area (Å²) in [6.45, 7) is 0. The van der Waals surface area contributed by atoms with Crippen molar-refractivity contribution in [2.24, 2.45) is 0 Å². The quantitative estimate of drug-likeness (QED) is 0.494. The monoisotopic (exact) mass is 301 g/mol. The number of rotatable bonds is 0. The molecule has 1 radical (unpaired) electrons. The molecule has 0 bridgehead atoms. The van der Waals surface area contributed by atoms with Gasteiger partial charge in [0.25, 0.3) is 6.29 Å². The second kappa shape index (κ2) is 3.65. The van der Waals surface area contributed by atoms with E-state index in [2.05, 4.69) is 59.6 Å². The third-order valence-electron chi connectivity index (χ3n) is 0.255. The molecule has 0 atom stereocenters. The first-order valence-corrected chi connectivity index (χ1v) is 3.90. The molecule has 0 rings (SSSR count). The molecule has 4 heteroatoms. The highest BCUT2D eigenvalue weighted by atomic mass is 80.0. The number of alkyl halides is 3. The Morgan fingerprint density at radius 1 is 1.25 bits per heavy atom. The lowest BCUT2D eigenvalue weighted by Crippen LogP contribution is -1.91. The first-order chi connectivity index (χ1) is 3.56. The maximum atomic E-state index is 9.49. The van der Waals surface area contributed by atoms with E-state index in [9.17, 15) is 4.79 Å². The van der Waals surface area contributed by atoms with Crippen LogP contribution in [0.1, 0.15) is 0 Å². The predicted molar refractivity (Wildman–Crippen MR) is 43.0 cm³/mol. The Morgan fingerprint density at radius 2 is 1.75 bits per heavy atom. The van der Waals surface area contributed by atoms with Crippen molar-refractivity contribution in [3.05, 3.63) is 0 Å². The molecule has 0 aliphatic heterocycles. The molecule has 0 heterocycles. The Morgan fingerprint density at radius 3 is 1.88 bits per heavy atom. The highest BCUT2D eigenvalue weighted by molar-refractivity contribution is 9.39. The van der Waals surface area contributed by atoms with Crippen LogP contribution in [0.5, 0.6) is 0 Å². The standard InChI is InChI=1S/C4Br3O/c5-4(6,7)2-1-3-8. The molecule has 0 aliphatic rings. The summed E-state index contributed by atoms with van der Waals surface area (Å²) in [5, 5.41) is 0. The van der Waals surface area contributed by atoms with E-state index in [-0.39, 0.29) is 0 Å². The van der Waals surface area contributed by atoms with Gasteiger partial charge in [-0.25, -0.2) is 0 Å². The van der Waals surface area contributed by atoms with Gasteiger partial charge in [0.1, 0.15) is 0 Å². The van der Waals surface area contributed by atoms with E-state index in [1.54, 1.807) is 0 Å². The van der Waals surface area contributed by atoms with Gasteiger partial charge in [-0.3, -0.25) is 4.79 Å². The van der Waals surface area contributed by atoms with Gasteiger partial charge in [-0.1, -0.05) is 5.92 Å². The van der Waals surface area contributed by atoms with Crippen LogP contribution in [0.15, 0.2) is 0 Å². The fourth-order valence-electron chi connectivity index (χ4n) is 0.0964. The molecule has 0 aromatic heterocycles. The largest absolute Gasteiger partial charge is 0.284 e. The van der Waals surface area contributed by atoms with Gasteiger partial charge in [0.05, 0.1) is 0 Å². The Hall–Kier alpha value is 0.670. The van der Waals surface area contributed by atoms with E-state index < -0.39 is 2.14 Å².